The van der Waals surface area contributed by atoms with Crippen LogP contribution in [0, 0.1) is 0 Å². The molecule has 1 aromatic carbocycles. The average Bonchev–Trinajstić information content (AvgIpc) is 2.36. The van der Waals surface area contributed by atoms with E-state index in [1.807, 2.05) is 18.2 Å². The number of nitrogens with zero attached hydrogens (tertiary/aromatic N) is 1. The molecule has 2 aromatic rings. The topological polar surface area (TPSA) is 31.4 Å². The fraction of sp³-hybridized carbons (Fsp3) is 0.308. The smallest absolute Gasteiger partial charge is 0.187 e. The molecule has 0 fully saturated rings. The highest BCUT2D eigenvalue weighted by molar-refractivity contribution is 5.87. The highest BCUT2D eigenvalue weighted by atomic mass is 16.5. The molecule has 1 heterocycles. The highest BCUT2D eigenvalue weighted by Gasteiger charge is 2.10. The molecule has 0 aliphatic carbocycles. The lowest BCUT2D eigenvalue weighted by Gasteiger charge is -2.10. The van der Waals surface area contributed by atoms with Gasteiger partial charge in [0.2, 0.25) is 0 Å². The van der Waals surface area contributed by atoms with Gasteiger partial charge in [-0.2, -0.15) is 0 Å². The van der Waals surface area contributed by atoms with E-state index in [2.05, 4.69) is 18.0 Å². The van der Waals surface area contributed by atoms with Crippen LogP contribution in [0.25, 0.3) is 10.9 Å². The molecule has 0 radical (unpaired) electrons. The van der Waals surface area contributed by atoms with E-state index >= 15 is 0 Å². The number of aromatic nitrogens is 1. The Morgan fingerprint density at radius 3 is 2.44 bits per heavy atom. The van der Waals surface area contributed by atoms with Crippen LogP contribution in [-0.2, 0) is 6.42 Å². The van der Waals surface area contributed by atoms with Gasteiger partial charge in [0, 0.05) is 11.1 Å². The molecule has 3 heteroatoms. The van der Waals surface area contributed by atoms with E-state index in [0.717, 1.165) is 28.8 Å². The summed E-state index contributed by atoms with van der Waals surface area (Å²) in [5.74, 6) is 1.42. The van der Waals surface area contributed by atoms with Crippen molar-refractivity contribution in [1.29, 1.82) is 0 Å². The number of fused-ring (bicyclic) bond motifs is 1. The molecule has 0 bridgehead atoms. The first-order chi connectivity index (χ1) is 7.80. The Morgan fingerprint density at radius 2 is 1.81 bits per heavy atom. The number of hydrogen-bond acceptors (Lipinski definition) is 3. The SMILES string of the molecule is CCc1ccc2ccc(OC)c(OC)c2n1. The molecule has 0 unspecified atom stereocenters. The third kappa shape index (κ3) is 1.69. The molecular formula is C13H15NO2. The van der Waals surface area contributed by atoms with Crippen molar-refractivity contribution in [3.05, 3.63) is 30.0 Å². The lowest BCUT2D eigenvalue weighted by atomic mass is 10.1. The monoisotopic (exact) mass is 217 g/mol. The maximum absolute atomic E-state index is 5.36. The third-order valence-corrected chi connectivity index (χ3v) is 2.62. The molecule has 16 heavy (non-hydrogen) atoms. The van der Waals surface area contributed by atoms with Crippen LogP contribution in [0.1, 0.15) is 12.6 Å². The van der Waals surface area contributed by atoms with Crippen LogP contribution in [-0.4, -0.2) is 19.2 Å². The van der Waals surface area contributed by atoms with Crippen molar-refractivity contribution in [3.63, 3.8) is 0 Å². The molecule has 0 spiro atoms. The van der Waals surface area contributed by atoms with E-state index in [1.165, 1.54) is 0 Å². The maximum Gasteiger partial charge on any atom is 0.187 e. The minimum absolute atomic E-state index is 0.704. The molecular weight excluding hydrogens is 202 g/mol. The number of benzene rings is 1. The lowest BCUT2D eigenvalue weighted by Crippen LogP contribution is -1.95. The highest BCUT2D eigenvalue weighted by Crippen LogP contribution is 2.34. The molecule has 3 nitrogen and oxygen atoms in total. The minimum atomic E-state index is 0.704. The first-order valence-corrected chi connectivity index (χ1v) is 5.30. The molecule has 0 aliphatic heterocycles. The fourth-order valence-corrected chi connectivity index (χ4v) is 1.74. The van der Waals surface area contributed by atoms with Crippen molar-refractivity contribution in [2.75, 3.05) is 14.2 Å². The van der Waals surface area contributed by atoms with Gasteiger partial charge in [0.15, 0.2) is 11.5 Å². The Labute approximate surface area is 95.0 Å². The van der Waals surface area contributed by atoms with Gasteiger partial charge in [0.05, 0.1) is 14.2 Å². The quantitative estimate of drug-likeness (QED) is 0.792. The fourth-order valence-electron chi connectivity index (χ4n) is 1.74. The first-order valence-electron chi connectivity index (χ1n) is 5.30. The Kier molecular flexibility index (Phi) is 2.95. The van der Waals surface area contributed by atoms with Gasteiger partial charge >= 0.3 is 0 Å². The Hall–Kier alpha value is -1.77. The van der Waals surface area contributed by atoms with Gasteiger partial charge < -0.3 is 9.47 Å². The number of methoxy groups -OCH3 is 2. The molecule has 0 saturated carbocycles. The molecule has 0 amide bonds. The second-order valence-electron chi connectivity index (χ2n) is 3.53. The summed E-state index contributed by atoms with van der Waals surface area (Å²) in [6.45, 7) is 2.08. The predicted molar refractivity (Wildman–Crippen MR) is 64.2 cm³/mol. The minimum Gasteiger partial charge on any atom is -0.493 e. The van der Waals surface area contributed by atoms with Crippen molar-refractivity contribution in [2.45, 2.75) is 13.3 Å². The summed E-state index contributed by atoms with van der Waals surface area (Å²) < 4.78 is 10.6. The molecule has 0 N–H and O–H groups in total. The Balaban J connectivity index is 2.73. The van der Waals surface area contributed by atoms with Crippen molar-refractivity contribution >= 4 is 10.9 Å². The number of aryl methyl sites for hydroxylation is 1. The Morgan fingerprint density at radius 1 is 1.06 bits per heavy atom. The predicted octanol–water partition coefficient (Wildman–Crippen LogP) is 2.81. The van der Waals surface area contributed by atoms with Gasteiger partial charge in [0.1, 0.15) is 5.52 Å². The average molecular weight is 217 g/mol. The maximum atomic E-state index is 5.36. The largest absolute Gasteiger partial charge is 0.493 e. The summed E-state index contributed by atoms with van der Waals surface area (Å²) >= 11 is 0. The third-order valence-electron chi connectivity index (χ3n) is 2.62. The van der Waals surface area contributed by atoms with Crippen LogP contribution in [0.4, 0.5) is 0 Å². The Bertz CT molecular complexity index is 503. The van der Waals surface area contributed by atoms with Crippen molar-refractivity contribution in [3.8, 4) is 11.5 Å². The van der Waals surface area contributed by atoms with E-state index in [0.29, 0.717) is 5.75 Å². The van der Waals surface area contributed by atoms with Crippen molar-refractivity contribution in [2.24, 2.45) is 0 Å². The van der Waals surface area contributed by atoms with Crippen LogP contribution in [0.15, 0.2) is 24.3 Å². The van der Waals surface area contributed by atoms with Crippen LogP contribution >= 0.6 is 0 Å². The second kappa shape index (κ2) is 4.39. The molecule has 1 aromatic heterocycles. The van der Waals surface area contributed by atoms with Crippen LogP contribution in [0.2, 0.25) is 0 Å². The molecule has 0 saturated heterocycles. The summed E-state index contributed by atoms with van der Waals surface area (Å²) in [4.78, 5) is 4.57. The van der Waals surface area contributed by atoms with Gasteiger partial charge in [-0.25, -0.2) is 4.98 Å². The number of rotatable bonds is 3. The number of ether oxygens (including phenoxy) is 2. The van der Waals surface area contributed by atoms with Gasteiger partial charge in [-0.1, -0.05) is 13.0 Å². The molecule has 84 valence electrons. The van der Waals surface area contributed by atoms with Crippen LogP contribution in [0.5, 0.6) is 11.5 Å². The van der Waals surface area contributed by atoms with E-state index in [9.17, 15) is 0 Å². The van der Waals surface area contributed by atoms with Crippen molar-refractivity contribution < 1.29 is 9.47 Å². The summed E-state index contributed by atoms with van der Waals surface area (Å²) in [6, 6.07) is 7.98. The number of pyridine rings is 1. The van der Waals surface area contributed by atoms with Crippen LogP contribution in [0.3, 0.4) is 0 Å². The molecule has 0 atom stereocenters. The standard InChI is InChI=1S/C13H15NO2/c1-4-10-7-5-9-6-8-11(15-2)13(16-3)12(9)14-10/h5-8H,4H2,1-3H3. The second-order valence-corrected chi connectivity index (χ2v) is 3.53. The first kappa shape index (κ1) is 10.7. The normalized spacial score (nSPS) is 10.4. The summed E-state index contributed by atoms with van der Waals surface area (Å²) in [6.07, 6.45) is 0.913. The van der Waals surface area contributed by atoms with E-state index < -0.39 is 0 Å². The van der Waals surface area contributed by atoms with Gasteiger partial charge in [-0.3, -0.25) is 0 Å². The van der Waals surface area contributed by atoms with E-state index in [-0.39, 0.29) is 0 Å². The summed E-state index contributed by atoms with van der Waals surface area (Å²) in [7, 11) is 3.27. The van der Waals surface area contributed by atoms with Gasteiger partial charge in [0.25, 0.3) is 0 Å². The van der Waals surface area contributed by atoms with Gasteiger partial charge in [-0.05, 0) is 24.6 Å². The molecule has 0 aliphatic rings. The number of hydrogen-bond donors (Lipinski definition) is 0. The molecule has 2 rings (SSSR count). The summed E-state index contributed by atoms with van der Waals surface area (Å²) in [5.41, 5.74) is 1.92. The van der Waals surface area contributed by atoms with E-state index in [4.69, 9.17) is 9.47 Å². The van der Waals surface area contributed by atoms with Gasteiger partial charge in [-0.15, -0.1) is 0 Å². The summed E-state index contributed by atoms with van der Waals surface area (Å²) in [5, 5.41) is 1.06. The lowest BCUT2D eigenvalue weighted by molar-refractivity contribution is 0.358. The zero-order chi connectivity index (χ0) is 11.5. The van der Waals surface area contributed by atoms with E-state index in [1.54, 1.807) is 14.2 Å². The zero-order valence-electron chi connectivity index (χ0n) is 9.78. The zero-order valence-corrected chi connectivity index (χ0v) is 9.78. The van der Waals surface area contributed by atoms with Crippen LogP contribution < -0.4 is 9.47 Å². The van der Waals surface area contributed by atoms with Crippen molar-refractivity contribution in [1.82, 2.24) is 4.98 Å².